The Kier molecular flexibility index (Phi) is 4.17. The highest BCUT2D eigenvalue weighted by atomic mass is 14.0. The molecule has 0 heteroatoms. The molecular formula is C7H15. The van der Waals surface area contributed by atoms with Gasteiger partial charge in [0.2, 0.25) is 0 Å². The maximum Gasteiger partial charge on any atom is -0.0420 e. The van der Waals surface area contributed by atoms with Crippen LogP contribution < -0.4 is 0 Å². The van der Waals surface area contributed by atoms with Crippen molar-refractivity contribution in [1.29, 1.82) is 0 Å². The van der Waals surface area contributed by atoms with Crippen LogP contribution in [0.15, 0.2) is 0 Å². The van der Waals surface area contributed by atoms with Gasteiger partial charge in [-0.2, -0.15) is 0 Å². The SMILES string of the molecule is [CH2]CC(CC)CC. The summed E-state index contributed by atoms with van der Waals surface area (Å²) in [5, 5.41) is 0. The Hall–Kier alpha value is 0. The smallest absolute Gasteiger partial charge is 0.0420 e. The second-order valence-electron chi connectivity index (χ2n) is 1.97. The molecule has 43 valence electrons. The molecule has 0 saturated carbocycles. The molecule has 0 spiro atoms. The van der Waals surface area contributed by atoms with E-state index in [-0.39, 0.29) is 0 Å². The van der Waals surface area contributed by atoms with E-state index in [1.807, 2.05) is 0 Å². The van der Waals surface area contributed by atoms with Crippen molar-refractivity contribution in [3.8, 4) is 0 Å². The van der Waals surface area contributed by atoms with Gasteiger partial charge in [0, 0.05) is 0 Å². The summed E-state index contributed by atoms with van der Waals surface area (Å²) in [6, 6.07) is 0. The Labute approximate surface area is 46.9 Å². The first kappa shape index (κ1) is 7.00. The lowest BCUT2D eigenvalue weighted by Gasteiger charge is -2.05. The van der Waals surface area contributed by atoms with Crippen molar-refractivity contribution in [3.05, 3.63) is 6.92 Å². The molecule has 0 aromatic rings. The van der Waals surface area contributed by atoms with Gasteiger partial charge in [0.05, 0.1) is 0 Å². The molecule has 0 saturated heterocycles. The van der Waals surface area contributed by atoms with Gasteiger partial charge >= 0.3 is 0 Å². The van der Waals surface area contributed by atoms with Crippen LogP contribution >= 0.6 is 0 Å². The topological polar surface area (TPSA) is 0 Å². The molecule has 0 bridgehead atoms. The third-order valence-corrected chi connectivity index (χ3v) is 1.56. The summed E-state index contributed by atoms with van der Waals surface area (Å²) in [6.07, 6.45) is 3.69. The van der Waals surface area contributed by atoms with E-state index in [0.29, 0.717) is 0 Å². The van der Waals surface area contributed by atoms with Crippen LogP contribution in [0.25, 0.3) is 0 Å². The molecule has 0 N–H and O–H groups in total. The lowest BCUT2D eigenvalue weighted by molar-refractivity contribution is 0.498. The Morgan fingerprint density at radius 1 is 1.29 bits per heavy atom. The summed E-state index contributed by atoms with van der Waals surface area (Å²) < 4.78 is 0. The second kappa shape index (κ2) is 4.17. The molecule has 0 rings (SSSR count). The minimum Gasteiger partial charge on any atom is -0.0651 e. The highest BCUT2D eigenvalue weighted by Gasteiger charge is 1.95. The lowest BCUT2D eigenvalue weighted by atomic mass is 10.0. The standard InChI is InChI=1S/C7H15/c1-4-7(5-2)6-3/h7H,1,4-6H2,2-3H3. The largest absolute Gasteiger partial charge is 0.0651 e. The Morgan fingerprint density at radius 2 is 1.71 bits per heavy atom. The fourth-order valence-corrected chi connectivity index (χ4v) is 0.697. The van der Waals surface area contributed by atoms with Crippen LogP contribution in [0.2, 0.25) is 0 Å². The Morgan fingerprint density at radius 3 is 1.71 bits per heavy atom. The van der Waals surface area contributed by atoms with Crippen LogP contribution in [0, 0.1) is 12.8 Å². The van der Waals surface area contributed by atoms with E-state index in [9.17, 15) is 0 Å². The molecule has 0 aliphatic carbocycles. The minimum atomic E-state index is 0.875. The predicted octanol–water partition coefficient (Wildman–Crippen LogP) is 2.65. The van der Waals surface area contributed by atoms with Gasteiger partial charge in [-0.15, -0.1) is 0 Å². The highest BCUT2D eigenvalue weighted by Crippen LogP contribution is 2.09. The number of rotatable bonds is 3. The molecule has 7 heavy (non-hydrogen) atoms. The normalized spacial score (nSPS) is 10.3. The zero-order valence-electron chi connectivity index (χ0n) is 5.41. The third kappa shape index (κ3) is 2.67. The summed E-state index contributed by atoms with van der Waals surface area (Å²) in [5.41, 5.74) is 0. The molecule has 0 aliphatic heterocycles. The van der Waals surface area contributed by atoms with E-state index in [0.717, 1.165) is 12.3 Å². The minimum absolute atomic E-state index is 0.875. The van der Waals surface area contributed by atoms with E-state index in [1.165, 1.54) is 12.8 Å². The summed E-state index contributed by atoms with van der Waals surface area (Å²) in [5.74, 6) is 0.875. The van der Waals surface area contributed by atoms with E-state index < -0.39 is 0 Å². The third-order valence-electron chi connectivity index (χ3n) is 1.56. The summed E-state index contributed by atoms with van der Waals surface area (Å²) >= 11 is 0. The lowest BCUT2D eigenvalue weighted by Crippen LogP contribution is -1.91. The van der Waals surface area contributed by atoms with Crippen LogP contribution in [0.3, 0.4) is 0 Å². The summed E-state index contributed by atoms with van der Waals surface area (Å²) in [4.78, 5) is 0. The fourth-order valence-electron chi connectivity index (χ4n) is 0.697. The van der Waals surface area contributed by atoms with Crippen molar-refractivity contribution in [2.45, 2.75) is 33.1 Å². The molecule has 0 fully saturated rings. The number of hydrogen-bond donors (Lipinski definition) is 0. The van der Waals surface area contributed by atoms with Gasteiger partial charge in [-0.05, 0) is 5.92 Å². The molecule has 1 radical (unpaired) electrons. The van der Waals surface area contributed by atoms with Gasteiger partial charge in [-0.25, -0.2) is 0 Å². The van der Waals surface area contributed by atoms with Crippen molar-refractivity contribution < 1.29 is 0 Å². The Balaban J connectivity index is 2.99. The number of hydrogen-bond acceptors (Lipinski definition) is 0. The van der Waals surface area contributed by atoms with Crippen LogP contribution in [-0.4, -0.2) is 0 Å². The zero-order chi connectivity index (χ0) is 5.70. The molecule has 0 atom stereocenters. The van der Waals surface area contributed by atoms with Gasteiger partial charge in [0.15, 0.2) is 0 Å². The van der Waals surface area contributed by atoms with Crippen LogP contribution in [-0.2, 0) is 0 Å². The van der Waals surface area contributed by atoms with E-state index >= 15 is 0 Å². The van der Waals surface area contributed by atoms with Crippen LogP contribution in [0.4, 0.5) is 0 Å². The molecule has 0 nitrogen and oxygen atoms in total. The molecule has 0 aromatic heterocycles. The van der Waals surface area contributed by atoms with Gasteiger partial charge in [-0.3, -0.25) is 0 Å². The predicted molar refractivity (Wildman–Crippen MR) is 34.0 cm³/mol. The van der Waals surface area contributed by atoms with Gasteiger partial charge in [0.25, 0.3) is 0 Å². The van der Waals surface area contributed by atoms with Crippen LogP contribution in [0.1, 0.15) is 33.1 Å². The monoisotopic (exact) mass is 99.1 g/mol. The zero-order valence-corrected chi connectivity index (χ0v) is 5.41. The highest BCUT2D eigenvalue weighted by molar-refractivity contribution is 4.54. The quantitative estimate of drug-likeness (QED) is 0.510. The average molecular weight is 99.2 g/mol. The molecular weight excluding hydrogens is 84.1 g/mol. The van der Waals surface area contributed by atoms with Gasteiger partial charge in [0.1, 0.15) is 0 Å². The second-order valence-corrected chi connectivity index (χ2v) is 1.97. The van der Waals surface area contributed by atoms with Crippen molar-refractivity contribution in [2.24, 2.45) is 5.92 Å². The molecule has 0 aromatic carbocycles. The van der Waals surface area contributed by atoms with Crippen molar-refractivity contribution in [1.82, 2.24) is 0 Å². The molecule has 0 unspecified atom stereocenters. The van der Waals surface area contributed by atoms with Crippen LogP contribution in [0.5, 0.6) is 0 Å². The maximum absolute atomic E-state index is 3.83. The Bertz CT molecular complexity index is 21.5. The van der Waals surface area contributed by atoms with E-state index in [1.54, 1.807) is 0 Å². The molecule has 0 amide bonds. The first-order valence-electron chi connectivity index (χ1n) is 3.14. The first-order chi connectivity index (χ1) is 3.35. The average Bonchev–Trinajstić information content (AvgIpc) is 1.72. The van der Waals surface area contributed by atoms with Gasteiger partial charge < -0.3 is 0 Å². The fraction of sp³-hybridized carbons (Fsp3) is 0.857. The van der Waals surface area contributed by atoms with Crippen molar-refractivity contribution in [2.75, 3.05) is 0 Å². The molecule has 0 aliphatic rings. The first-order valence-corrected chi connectivity index (χ1v) is 3.14. The van der Waals surface area contributed by atoms with Crippen molar-refractivity contribution >= 4 is 0 Å². The van der Waals surface area contributed by atoms with E-state index in [4.69, 9.17) is 0 Å². The molecule has 0 heterocycles. The van der Waals surface area contributed by atoms with E-state index in [2.05, 4.69) is 20.8 Å². The summed E-state index contributed by atoms with van der Waals surface area (Å²) in [6.45, 7) is 8.27. The van der Waals surface area contributed by atoms with Crippen molar-refractivity contribution in [3.63, 3.8) is 0 Å². The maximum atomic E-state index is 3.83. The van der Waals surface area contributed by atoms with Gasteiger partial charge in [-0.1, -0.05) is 40.0 Å². The summed E-state index contributed by atoms with van der Waals surface area (Å²) in [7, 11) is 0.